The van der Waals surface area contributed by atoms with E-state index in [-0.39, 0.29) is 0 Å². The summed E-state index contributed by atoms with van der Waals surface area (Å²) in [6.45, 7) is 1.14. The molecule has 1 aliphatic carbocycles. The fraction of sp³-hybridized carbons (Fsp3) is 0.429. The number of ether oxygens (including phenoxy) is 1. The molecule has 0 saturated heterocycles. The van der Waals surface area contributed by atoms with Crippen molar-refractivity contribution in [1.82, 2.24) is 4.90 Å². The Labute approximate surface area is 140 Å². The molecule has 0 bridgehead atoms. The maximum atomic E-state index is 5.44. The van der Waals surface area contributed by atoms with E-state index in [1.807, 2.05) is 0 Å². The number of methoxy groups -OCH3 is 1. The molecule has 0 saturated carbocycles. The topological polar surface area (TPSA) is 12.5 Å². The van der Waals surface area contributed by atoms with Gasteiger partial charge < -0.3 is 9.64 Å². The highest BCUT2D eigenvalue weighted by Crippen LogP contribution is 2.38. The van der Waals surface area contributed by atoms with E-state index < -0.39 is 0 Å². The zero-order valence-corrected chi connectivity index (χ0v) is 14.5. The molecule has 2 aromatic rings. The van der Waals surface area contributed by atoms with E-state index in [1.165, 1.54) is 35.1 Å². The molecule has 3 rings (SSSR count). The van der Waals surface area contributed by atoms with E-state index in [1.54, 1.807) is 7.11 Å². The normalized spacial score (nSPS) is 16.6. The van der Waals surface area contributed by atoms with Crippen LogP contribution >= 0.6 is 0 Å². The Bertz CT molecular complexity index is 663. The highest BCUT2D eigenvalue weighted by Gasteiger charge is 2.23. The molecule has 0 fully saturated rings. The Morgan fingerprint density at radius 1 is 1.00 bits per heavy atom. The van der Waals surface area contributed by atoms with Crippen LogP contribution in [0.1, 0.15) is 41.0 Å². The van der Waals surface area contributed by atoms with Crippen LogP contribution in [0.5, 0.6) is 5.75 Å². The predicted molar refractivity (Wildman–Crippen MR) is 96.5 cm³/mol. The summed E-state index contributed by atoms with van der Waals surface area (Å²) >= 11 is 0. The van der Waals surface area contributed by atoms with Gasteiger partial charge in [-0.05, 0) is 80.7 Å². The number of aryl methyl sites for hydroxylation is 2. The summed E-state index contributed by atoms with van der Waals surface area (Å²) in [6.07, 6.45) is 4.65. The molecule has 0 amide bonds. The van der Waals surface area contributed by atoms with Crippen LogP contribution in [0.4, 0.5) is 0 Å². The molecular weight excluding hydrogens is 282 g/mol. The molecule has 0 spiro atoms. The van der Waals surface area contributed by atoms with Crippen LogP contribution < -0.4 is 4.74 Å². The fourth-order valence-electron chi connectivity index (χ4n) is 3.73. The van der Waals surface area contributed by atoms with Gasteiger partial charge in [-0.25, -0.2) is 0 Å². The monoisotopic (exact) mass is 309 g/mol. The SMILES string of the molecule is COc1ccc2c(c1)CCc1ccccc1C2CCCN(C)C. The molecule has 1 aliphatic rings. The predicted octanol–water partition coefficient (Wildman–Crippen LogP) is 4.27. The molecule has 0 heterocycles. The van der Waals surface area contributed by atoms with Crippen molar-refractivity contribution in [3.63, 3.8) is 0 Å². The van der Waals surface area contributed by atoms with Crippen LogP contribution in [0.3, 0.4) is 0 Å². The Kier molecular flexibility index (Phi) is 5.02. The summed E-state index contributed by atoms with van der Waals surface area (Å²) in [4.78, 5) is 2.28. The average Bonchev–Trinajstić information content (AvgIpc) is 2.71. The van der Waals surface area contributed by atoms with Gasteiger partial charge in [-0.2, -0.15) is 0 Å². The largest absolute Gasteiger partial charge is 0.497 e. The third-order valence-corrected chi connectivity index (χ3v) is 4.92. The van der Waals surface area contributed by atoms with Gasteiger partial charge in [-0.15, -0.1) is 0 Å². The molecule has 0 aromatic heterocycles. The van der Waals surface area contributed by atoms with Crippen LogP contribution in [0.2, 0.25) is 0 Å². The molecular formula is C21H27NO. The zero-order chi connectivity index (χ0) is 16.2. The van der Waals surface area contributed by atoms with Gasteiger partial charge in [0.15, 0.2) is 0 Å². The van der Waals surface area contributed by atoms with E-state index in [4.69, 9.17) is 4.74 Å². The number of nitrogens with zero attached hydrogens (tertiary/aromatic N) is 1. The number of hydrogen-bond donors (Lipinski definition) is 0. The lowest BCUT2D eigenvalue weighted by atomic mass is 9.84. The van der Waals surface area contributed by atoms with Gasteiger partial charge in [0, 0.05) is 5.92 Å². The number of rotatable bonds is 5. The van der Waals surface area contributed by atoms with Crippen LogP contribution in [0.15, 0.2) is 42.5 Å². The molecule has 0 radical (unpaired) electrons. The quantitative estimate of drug-likeness (QED) is 0.818. The lowest BCUT2D eigenvalue weighted by Crippen LogP contribution is -2.14. The molecule has 2 heteroatoms. The standard InChI is InChI=1S/C21H27NO/c1-22(2)14-6-9-21-19-8-5-4-7-16(19)10-11-17-15-18(23-3)12-13-20(17)21/h4-5,7-8,12-13,15,21H,6,9-11,14H2,1-3H3. The third-order valence-electron chi connectivity index (χ3n) is 4.92. The fourth-order valence-corrected chi connectivity index (χ4v) is 3.73. The summed E-state index contributed by atoms with van der Waals surface area (Å²) in [5, 5.41) is 0. The van der Waals surface area contributed by atoms with Gasteiger partial charge in [0.2, 0.25) is 0 Å². The minimum atomic E-state index is 0.509. The van der Waals surface area contributed by atoms with E-state index in [0.29, 0.717) is 5.92 Å². The molecule has 0 N–H and O–H groups in total. The van der Waals surface area contributed by atoms with Gasteiger partial charge in [0.25, 0.3) is 0 Å². The minimum Gasteiger partial charge on any atom is -0.497 e. The third kappa shape index (κ3) is 3.59. The molecule has 23 heavy (non-hydrogen) atoms. The highest BCUT2D eigenvalue weighted by atomic mass is 16.5. The Morgan fingerprint density at radius 3 is 2.52 bits per heavy atom. The van der Waals surface area contributed by atoms with Crippen molar-refractivity contribution in [2.75, 3.05) is 27.7 Å². The van der Waals surface area contributed by atoms with Crippen molar-refractivity contribution in [2.24, 2.45) is 0 Å². The van der Waals surface area contributed by atoms with E-state index in [9.17, 15) is 0 Å². The minimum absolute atomic E-state index is 0.509. The Hall–Kier alpha value is -1.80. The maximum absolute atomic E-state index is 5.44. The first kappa shape index (κ1) is 16.1. The van der Waals surface area contributed by atoms with Crippen molar-refractivity contribution in [1.29, 1.82) is 0 Å². The van der Waals surface area contributed by atoms with Gasteiger partial charge in [0.05, 0.1) is 7.11 Å². The smallest absolute Gasteiger partial charge is 0.119 e. The summed E-state index contributed by atoms with van der Waals surface area (Å²) in [5.74, 6) is 1.48. The van der Waals surface area contributed by atoms with Gasteiger partial charge >= 0.3 is 0 Å². The first-order valence-corrected chi connectivity index (χ1v) is 8.58. The summed E-state index contributed by atoms with van der Waals surface area (Å²) in [5.41, 5.74) is 5.98. The van der Waals surface area contributed by atoms with Crippen LogP contribution in [-0.2, 0) is 12.8 Å². The molecule has 122 valence electrons. The first-order valence-electron chi connectivity index (χ1n) is 8.58. The first-order chi connectivity index (χ1) is 11.2. The number of fused-ring (bicyclic) bond motifs is 2. The summed E-state index contributed by atoms with van der Waals surface area (Å²) < 4.78 is 5.44. The zero-order valence-electron chi connectivity index (χ0n) is 14.5. The Balaban J connectivity index is 1.97. The second kappa shape index (κ2) is 7.18. The maximum Gasteiger partial charge on any atom is 0.119 e. The molecule has 2 nitrogen and oxygen atoms in total. The van der Waals surface area contributed by atoms with E-state index in [0.717, 1.165) is 25.1 Å². The number of hydrogen-bond acceptors (Lipinski definition) is 2. The van der Waals surface area contributed by atoms with Crippen molar-refractivity contribution in [3.8, 4) is 5.75 Å². The Morgan fingerprint density at radius 2 is 1.74 bits per heavy atom. The molecule has 1 atom stereocenters. The molecule has 0 aliphatic heterocycles. The molecule has 1 unspecified atom stereocenters. The lowest BCUT2D eigenvalue weighted by Gasteiger charge is -2.21. The van der Waals surface area contributed by atoms with Gasteiger partial charge in [-0.3, -0.25) is 0 Å². The van der Waals surface area contributed by atoms with Gasteiger partial charge in [0.1, 0.15) is 5.75 Å². The van der Waals surface area contributed by atoms with Crippen molar-refractivity contribution in [2.45, 2.75) is 31.6 Å². The lowest BCUT2D eigenvalue weighted by molar-refractivity contribution is 0.389. The number of benzene rings is 2. The van der Waals surface area contributed by atoms with Crippen molar-refractivity contribution >= 4 is 0 Å². The van der Waals surface area contributed by atoms with Crippen LogP contribution in [0.25, 0.3) is 0 Å². The highest BCUT2D eigenvalue weighted by molar-refractivity contribution is 5.47. The molecule has 2 aromatic carbocycles. The average molecular weight is 309 g/mol. The van der Waals surface area contributed by atoms with E-state index >= 15 is 0 Å². The van der Waals surface area contributed by atoms with Gasteiger partial charge in [-0.1, -0.05) is 30.3 Å². The van der Waals surface area contributed by atoms with Crippen LogP contribution in [0, 0.1) is 0 Å². The van der Waals surface area contributed by atoms with Crippen molar-refractivity contribution in [3.05, 3.63) is 64.7 Å². The summed E-state index contributed by atoms with van der Waals surface area (Å²) in [7, 11) is 6.06. The second-order valence-electron chi connectivity index (χ2n) is 6.76. The van der Waals surface area contributed by atoms with Crippen LogP contribution in [-0.4, -0.2) is 32.6 Å². The summed E-state index contributed by atoms with van der Waals surface area (Å²) in [6, 6.07) is 15.6. The van der Waals surface area contributed by atoms with Crippen molar-refractivity contribution < 1.29 is 4.74 Å². The van der Waals surface area contributed by atoms with E-state index in [2.05, 4.69) is 61.5 Å². The second-order valence-corrected chi connectivity index (χ2v) is 6.76.